The highest BCUT2D eigenvalue weighted by Gasteiger charge is 2.15. The van der Waals surface area contributed by atoms with Gasteiger partial charge in [0.25, 0.3) is 0 Å². The van der Waals surface area contributed by atoms with Gasteiger partial charge in [0.05, 0.1) is 5.69 Å². The van der Waals surface area contributed by atoms with E-state index in [1.165, 1.54) is 61.9 Å². The van der Waals surface area contributed by atoms with E-state index in [0.29, 0.717) is 6.42 Å². The normalized spacial score (nSPS) is 10.8. The monoisotopic (exact) mass is 660 g/mol. The first kappa shape index (κ1) is 51.3. The first-order chi connectivity index (χ1) is 22.7. The van der Waals surface area contributed by atoms with E-state index in [4.69, 9.17) is 10.2 Å². The Labute approximate surface area is 292 Å². The van der Waals surface area contributed by atoms with Gasteiger partial charge in [0.15, 0.2) is 5.78 Å². The predicted molar refractivity (Wildman–Crippen MR) is 209 cm³/mol. The van der Waals surface area contributed by atoms with Crippen molar-refractivity contribution >= 4 is 11.5 Å². The molecule has 0 saturated heterocycles. The number of carbonyl (C=O) groups is 1. The van der Waals surface area contributed by atoms with Crippen LogP contribution in [0.25, 0.3) is 0 Å². The standard InChI is InChI=1S/C17H29N.C14H22N2.C4H8O2.C3H8.C2H6.CH4O/c1-5-7-8-16(14(3)6-2)13-15-9-11-17(18-4)12-10-15;1-4-10-16(11-5-2)12-14-9-7-8-13(6-3)15-14;1-2-4(6)3-5;1-3-2;2*1-2/h9-12,14,16,18H,5-8,13H2,1-4H3;4,7-9H,1,5-6,10-12H2,2-3H3;5H,2-3H2,1H3;3H2,1-2H3;1-2H3;2H,1H3. The number of hydrogen-bond acceptors (Lipinski definition) is 6. The van der Waals surface area contributed by atoms with Crippen LogP contribution in [0, 0.1) is 11.8 Å². The molecule has 0 saturated carbocycles. The van der Waals surface area contributed by atoms with E-state index in [9.17, 15) is 4.79 Å². The number of benzene rings is 1. The fourth-order valence-corrected chi connectivity index (χ4v) is 4.39. The van der Waals surface area contributed by atoms with Gasteiger partial charge in [-0.25, -0.2) is 0 Å². The van der Waals surface area contributed by atoms with Crippen LogP contribution in [0.1, 0.15) is 131 Å². The van der Waals surface area contributed by atoms with E-state index in [1.807, 2.05) is 27.0 Å². The van der Waals surface area contributed by atoms with E-state index in [0.717, 1.165) is 50.7 Å². The molecule has 47 heavy (non-hydrogen) atoms. The second kappa shape index (κ2) is 39.6. The number of nitrogens with one attached hydrogen (secondary N) is 1. The minimum Gasteiger partial charge on any atom is -0.400 e. The Morgan fingerprint density at radius 2 is 1.53 bits per heavy atom. The van der Waals surface area contributed by atoms with Crippen molar-refractivity contribution in [1.29, 1.82) is 0 Å². The van der Waals surface area contributed by atoms with Crippen LogP contribution in [-0.4, -0.2) is 59.7 Å². The lowest BCUT2D eigenvalue weighted by Gasteiger charge is -2.23. The van der Waals surface area contributed by atoms with Crippen LogP contribution >= 0.6 is 0 Å². The molecule has 0 fully saturated rings. The van der Waals surface area contributed by atoms with Crippen LogP contribution in [0.2, 0.25) is 0 Å². The molecule has 0 spiro atoms. The van der Waals surface area contributed by atoms with Crippen molar-refractivity contribution in [1.82, 2.24) is 9.88 Å². The maximum atomic E-state index is 9.93. The lowest BCUT2D eigenvalue weighted by Crippen LogP contribution is -2.24. The second-order valence-corrected chi connectivity index (χ2v) is 11.2. The van der Waals surface area contributed by atoms with Gasteiger partial charge in [-0.15, -0.1) is 6.58 Å². The third-order valence-corrected chi connectivity index (χ3v) is 7.23. The second-order valence-electron chi connectivity index (χ2n) is 11.2. The molecular formula is C41H77N3O3. The molecule has 3 N–H and O–H groups in total. The van der Waals surface area contributed by atoms with Gasteiger partial charge in [-0.3, -0.25) is 14.7 Å². The van der Waals surface area contributed by atoms with E-state index in [-0.39, 0.29) is 12.4 Å². The lowest BCUT2D eigenvalue weighted by molar-refractivity contribution is -0.121. The third kappa shape index (κ3) is 30.5. The Balaban J connectivity index is -0.000000290. The fraction of sp³-hybridized carbons (Fsp3) is 0.659. The molecule has 1 heterocycles. The van der Waals surface area contributed by atoms with Crippen molar-refractivity contribution in [3.63, 3.8) is 0 Å². The number of Topliss-reactive ketones (excluding diaryl/α,β-unsaturated/α-hetero) is 1. The van der Waals surface area contributed by atoms with Crippen molar-refractivity contribution in [2.75, 3.05) is 39.2 Å². The number of rotatable bonds is 17. The van der Waals surface area contributed by atoms with Gasteiger partial charge in [-0.1, -0.05) is 119 Å². The number of carbonyl (C=O) groups excluding carboxylic acids is 1. The molecule has 0 aliphatic carbocycles. The molecule has 274 valence electrons. The molecule has 0 aliphatic heterocycles. The highest BCUT2D eigenvalue weighted by atomic mass is 16.3. The summed E-state index contributed by atoms with van der Waals surface area (Å²) in [5, 5.41) is 18.2. The summed E-state index contributed by atoms with van der Waals surface area (Å²) in [6.45, 7) is 27.8. The molecule has 2 rings (SSSR count). The van der Waals surface area contributed by atoms with Crippen LogP contribution in [0.5, 0.6) is 0 Å². The maximum absolute atomic E-state index is 9.93. The van der Waals surface area contributed by atoms with Gasteiger partial charge >= 0.3 is 0 Å². The average molecular weight is 660 g/mol. The molecule has 2 atom stereocenters. The van der Waals surface area contributed by atoms with Crippen LogP contribution in [0.15, 0.2) is 55.1 Å². The highest BCUT2D eigenvalue weighted by Crippen LogP contribution is 2.26. The average Bonchev–Trinajstić information content (AvgIpc) is 3.12. The van der Waals surface area contributed by atoms with Crippen molar-refractivity contribution in [2.45, 2.75) is 134 Å². The van der Waals surface area contributed by atoms with Crippen LogP contribution in [-0.2, 0) is 24.2 Å². The molecule has 1 aromatic carbocycles. The van der Waals surface area contributed by atoms with Crippen molar-refractivity contribution < 1.29 is 15.0 Å². The van der Waals surface area contributed by atoms with E-state index >= 15 is 0 Å². The first-order valence-corrected chi connectivity index (χ1v) is 18.3. The lowest BCUT2D eigenvalue weighted by atomic mass is 9.83. The number of ketones is 1. The summed E-state index contributed by atoms with van der Waals surface area (Å²) in [6, 6.07) is 15.2. The predicted octanol–water partition coefficient (Wildman–Crippen LogP) is 10.2. The van der Waals surface area contributed by atoms with Crippen molar-refractivity contribution in [3.05, 3.63) is 72.1 Å². The van der Waals surface area contributed by atoms with Gasteiger partial charge in [0.1, 0.15) is 6.61 Å². The number of pyridine rings is 1. The van der Waals surface area contributed by atoms with E-state index in [1.54, 1.807) is 6.92 Å². The maximum Gasteiger partial charge on any atom is 0.157 e. The Bertz CT molecular complexity index is 912. The fourth-order valence-electron chi connectivity index (χ4n) is 4.39. The summed E-state index contributed by atoms with van der Waals surface area (Å²) < 4.78 is 0. The largest absolute Gasteiger partial charge is 0.400 e. The third-order valence-electron chi connectivity index (χ3n) is 7.23. The number of unbranched alkanes of at least 4 members (excludes halogenated alkanes) is 1. The number of aryl methyl sites for hydroxylation is 1. The van der Waals surface area contributed by atoms with Crippen LogP contribution < -0.4 is 5.32 Å². The molecule has 0 aliphatic rings. The number of hydrogen-bond donors (Lipinski definition) is 3. The number of aliphatic hydroxyl groups excluding tert-OH is 2. The van der Waals surface area contributed by atoms with Gasteiger partial charge in [-0.05, 0) is 73.9 Å². The molecule has 1 aromatic heterocycles. The van der Waals surface area contributed by atoms with Gasteiger partial charge in [0, 0.05) is 45.0 Å². The molecule has 0 amide bonds. The van der Waals surface area contributed by atoms with Gasteiger partial charge in [0.2, 0.25) is 0 Å². The Morgan fingerprint density at radius 3 is 1.94 bits per heavy atom. The number of anilines is 1. The van der Waals surface area contributed by atoms with Crippen LogP contribution in [0.4, 0.5) is 5.69 Å². The topological polar surface area (TPSA) is 85.7 Å². The molecule has 0 radical (unpaired) electrons. The van der Waals surface area contributed by atoms with Gasteiger partial charge < -0.3 is 15.5 Å². The SMILES string of the molecule is C=CCN(CCC)Cc1cccc(CC)n1.CC.CCC.CCC(=O)CO.CCCCC(Cc1ccc(NC)cc1)C(C)CC.CO. The molecule has 2 aromatic rings. The highest BCUT2D eigenvalue weighted by molar-refractivity contribution is 5.78. The number of aromatic nitrogens is 1. The minimum atomic E-state index is -0.309. The molecule has 6 heteroatoms. The summed E-state index contributed by atoms with van der Waals surface area (Å²) in [5.74, 6) is 1.57. The van der Waals surface area contributed by atoms with Crippen molar-refractivity contribution in [2.24, 2.45) is 11.8 Å². The summed E-state index contributed by atoms with van der Waals surface area (Å²) in [6.07, 6.45) is 12.4. The zero-order valence-corrected chi connectivity index (χ0v) is 32.9. The Hall–Kier alpha value is -2.54. The molecule has 2 unspecified atom stereocenters. The number of nitrogens with zero attached hydrogens (tertiary/aromatic N) is 2. The minimum absolute atomic E-state index is 0.102. The van der Waals surface area contributed by atoms with Crippen LogP contribution in [0.3, 0.4) is 0 Å². The van der Waals surface area contributed by atoms with E-state index < -0.39 is 0 Å². The van der Waals surface area contributed by atoms with Gasteiger partial charge in [-0.2, -0.15) is 0 Å². The summed E-state index contributed by atoms with van der Waals surface area (Å²) in [4.78, 5) is 16.9. The number of aliphatic hydroxyl groups is 2. The molecule has 6 nitrogen and oxygen atoms in total. The van der Waals surface area contributed by atoms with Crippen molar-refractivity contribution in [3.8, 4) is 0 Å². The summed E-state index contributed by atoms with van der Waals surface area (Å²) in [5.41, 5.74) is 5.02. The zero-order chi connectivity index (χ0) is 36.9. The molecule has 0 bridgehead atoms. The summed E-state index contributed by atoms with van der Waals surface area (Å²) in [7, 11) is 2.97. The first-order valence-electron chi connectivity index (χ1n) is 18.3. The zero-order valence-electron chi connectivity index (χ0n) is 32.9. The molecular weight excluding hydrogens is 582 g/mol. The smallest absolute Gasteiger partial charge is 0.157 e. The quantitative estimate of drug-likeness (QED) is 0.147. The Morgan fingerprint density at radius 1 is 0.957 bits per heavy atom. The summed E-state index contributed by atoms with van der Waals surface area (Å²) >= 11 is 0. The Kier molecular flexibility index (Phi) is 43.3. The van der Waals surface area contributed by atoms with E-state index in [2.05, 4.69) is 113 Å².